The third-order valence-corrected chi connectivity index (χ3v) is 5.29. The maximum absolute atomic E-state index is 13.9. The van der Waals surface area contributed by atoms with Crippen molar-refractivity contribution in [1.29, 1.82) is 0 Å². The monoisotopic (exact) mass is 327 g/mol. The molecule has 0 bridgehead atoms. The number of hydrogen-bond acceptors (Lipinski definition) is 4. The van der Waals surface area contributed by atoms with Crippen LogP contribution in [0.1, 0.15) is 33.6 Å². The Labute approximate surface area is 132 Å². The predicted molar refractivity (Wildman–Crippen MR) is 82.0 cm³/mol. The number of hydrogen-bond donors (Lipinski definition) is 2. The number of rotatable bonds is 5. The van der Waals surface area contributed by atoms with E-state index in [-0.39, 0.29) is 15.9 Å². The summed E-state index contributed by atoms with van der Waals surface area (Å²) in [6, 6.07) is 3.28. The van der Waals surface area contributed by atoms with Gasteiger partial charge in [-0.15, -0.1) is 0 Å². The van der Waals surface area contributed by atoms with Crippen LogP contribution in [0.2, 0.25) is 0 Å². The van der Waals surface area contributed by atoms with Crippen LogP contribution in [-0.2, 0) is 4.74 Å². The molecule has 0 spiro atoms. The summed E-state index contributed by atoms with van der Waals surface area (Å²) in [5, 5.41) is 11.5. The third kappa shape index (κ3) is 3.78. The molecule has 0 aliphatic carbocycles. The number of amides is 1. The molecule has 0 radical (unpaired) electrons. The molecule has 1 aliphatic rings. The maximum Gasteiger partial charge on any atom is 0.335 e. The van der Waals surface area contributed by atoms with Gasteiger partial charge in [-0.25, -0.2) is 9.18 Å². The first-order valence-electron chi connectivity index (χ1n) is 6.91. The summed E-state index contributed by atoms with van der Waals surface area (Å²) < 4.78 is 19.1. The maximum atomic E-state index is 13.9. The van der Waals surface area contributed by atoms with Gasteiger partial charge in [-0.05, 0) is 37.3 Å². The fraction of sp³-hybridized carbons (Fsp3) is 0.467. The SMILES string of the molecule is CSC1(CNC(=O)c2ccc(C(=O)O)cc2F)CCOCC1. The zero-order chi connectivity index (χ0) is 16.2. The van der Waals surface area contributed by atoms with Crippen molar-refractivity contribution in [2.45, 2.75) is 17.6 Å². The van der Waals surface area contributed by atoms with E-state index in [0.717, 1.165) is 18.9 Å². The molecule has 0 aromatic heterocycles. The van der Waals surface area contributed by atoms with Crippen LogP contribution in [0.15, 0.2) is 18.2 Å². The molecular weight excluding hydrogens is 309 g/mol. The lowest BCUT2D eigenvalue weighted by atomic mass is 9.98. The average molecular weight is 327 g/mol. The fourth-order valence-electron chi connectivity index (χ4n) is 2.37. The fourth-order valence-corrected chi connectivity index (χ4v) is 3.16. The Morgan fingerprint density at radius 3 is 2.64 bits per heavy atom. The van der Waals surface area contributed by atoms with Crippen molar-refractivity contribution in [3.05, 3.63) is 35.1 Å². The number of thioether (sulfide) groups is 1. The zero-order valence-corrected chi connectivity index (χ0v) is 13.0. The minimum absolute atomic E-state index is 0.0919. The van der Waals surface area contributed by atoms with Gasteiger partial charge in [0.2, 0.25) is 0 Å². The topological polar surface area (TPSA) is 75.6 Å². The first-order chi connectivity index (χ1) is 10.5. The van der Waals surface area contributed by atoms with E-state index < -0.39 is 17.7 Å². The lowest BCUT2D eigenvalue weighted by Crippen LogP contribution is -2.44. The van der Waals surface area contributed by atoms with Gasteiger partial charge in [-0.1, -0.05) is 0 Å². The second kappa shape index (κ2) is 7.11. The van der Waals surface area contributed by atoms with Crippen molar-refractivity contribution in [2.24, 2.45) is 0 Å². The van der Waals surface area contributed by atoms with Crippen molar-refractivity contribution in [1.82, 2.24) is 5.32 Å². The second-order valence-corrected chi connectivity index (χ2v) is 6.46. The van der Waals surface area contributed by atoms with E-state index in [0.29, 0.717) is 19.8 Å². The second-order valence-electron chi connectivity index (χ2n) is 5.18. The van der Waals surface area contributed by atoms with Crippen LogP contribution in [0, 0.1) is 5.82 Å². The molecule has 0 atom stereocenters. The van der Waals surface area contributed by atoms with E-state index in [1.807, 2.05) is 6.26 Å². The number of ether oxygens (including phenoxy) is 1. The summed E-state index contributed by atoms with van der Waals surface area (Å²) in [6.07, 6.45) is 3.64. The van der Waals surface area contributed by atoms with E-state index in [9.17, 15) is 14.0 Å². The summed E-state index contributed by atoms with van der Waals surface area (Å²) in [7, 11) is 0. The van der Waals surface area contributed by atoms with Crippen molar-refractivity contribution in [3.63, 3.8) is 0 Å². The van der Waals surface area contributed by atoms with Crippen molar-refractivity contribution in [2.75, 3.05) is 26.0 Å². The van der Waals surface area contributed by atoms with E-state index in [4.69, 9.17) is 9.84 Å². The largest absolute Gasteiger partial charge is 0.478 e. The average Bonchev–Trinajstić information content (AvgIpc) is 2.53. The zero-order valence-electron chi connectivity index (χ0n) is 12.2. The van der Waals surface area contributed by atoms with Crippen molar-refractivity contribution < 1.29 is 23.8 Å². The number of benzene rings is 1. The van der Waals surface area contributed by atoms with Gasteiger partial charge in [-0.2, -0.15) is 11.8 Å². The molecule has 1 amide bonds. The molecule has 1 aromatic carbocycles. The number of halogens is 1. The number of carbonyl (C=O) groups is 2. The van der Waals surface area contributed by atoms with E-state index in [1.165, 1.54) is 12.1 Å². The molecule has 7 heteroatoms. The summed E-state index contributed by atoms with van der Waals surface area (Å²) >= 11 is 1.67. The lowest BCUT2D eigenvalue weighted by Gasteiger charge is -2.35. The first kappa shape index (κ1) is 16.8. The minimum Gasteiger partial charge on any atom is -0.478 e. The summed E-state index contributed by atoms with van der Waals surface area (Å²) in [6.45, 7) is 1.73. The molecule has 1 fully saturated rings. The van der Waals surface area contributed by atoms with Crippen molar-refractivity contribution >= 4 is 23.6 Å². The van der Waals surface area contributed by atoms with E-state index in [2.05, 4.69) is 5.32 Å². The summed E-state index contributed by atoms with van der Waals surface area (Å²) in [5.41, 5.74) is -0.327. The summed E-state index contributed by atoms with van der Waals surface area (Å²) in [4.78, 5) is 22.9. The van der Waals surface area contributed by atoms with Gasteiger partial charge in [0, 0.05) is 24.5 Å². The van der Waals surface area contributed by atoms with Crippen LogP contribution in [-0.4, -0.2) is 47.7 Å². The molecule has 22 heavy (non-hydrogen) atoms. The smallest absolute Gasteiger partial charge is 0.335 e. The van der Waals surface area contributed by atoms with Gasteiger partial charge in [0.15, 0.2) is 0 Å². The van der Waals surface area contributed by atoms with Crippen LogP contribution in [0.5, 0.6) is 0 Å². The van der Waals surface area contributed by atoms with E-state index >= 15 is 0 Å². The van der Waals surface area contributed by atoms with Crippen LogP contribution in [0.25, 0.3) is 0 Å². The highest BCUT2D eigenvalue weighted by Gasteiger charge is 2.32. The quantitative estimate of drug-likeness (QED) is 0.867. The predicted octanol–water partition coefficient (Wildman–Crippen LogP) is 2.17. The Balaban J connectivity index is 2.04. The number of nitrogens with one attached hydrogen (secondary N) is 1. The molecule has 2 N–H and O–H groups in total. The van der Waals surface area contributed by atoms with Crippen molar-refractivity contribution in [3.8, 4) is 0 Å². The minimum atomic E-state index is -1.23. The Morgan fingerprint density at radius 1 is 1.41 bits per heavy atom. The molecule has 1 saturated heterocycles. The molecule has 5 nitrogen and oxygen atoms in total. The van der Waals surface area contributed by atoms with E-state index in [1.54, 1.807) is 11.8 Å². The standard InChI is InChI=1S/C15H18FNO4S/c1-22-15(4-6-21-7-5-15)9-17-13(18)11-3-2-10(14(19)20)8-12(11)16/h2-3,8H,4-7,9H2,1H3,(H,17,18)(H,19,20). The molecular formula is C15H18FNO4S. The lowest BCUT2D eigenvalue weighted by molar-refractivity contribution is 0.0695. The number of carbonyl (C=O) groups excluding carboxylic acids is 1. The molecule has 1 aromatic rings. The number of aromatic carboxylic acids is 1. The molecule has 2 rings (SSSR count). The highest BCUT2D eigenvalue weighted by atomic mass is 32.2. The Bertz CT molecular complexity index is 573. The highest BCUT2D eigenvalue weighted by molar-refractivity contribution is 8.00. The molecule has 120 valence electrons. The van der Waals surface area contributed by atoms with Crippen LogP contribution >= 0.6 is 11.8 Å². The molecule has 1 heterocycles. The molecule has 1 aliphatic heterocycles. The highest BCUT2D eigenvalue weighted by Crippen LogP contribution is 2.33. The van der Waals surface area contributed by atoms with Gasteiger partial charge in [0.1, 0.15) is 5.82 Å². The Kier molecular flexibility index (Phi) is 5.42. The van der Waals surface area contributed by atoms with Gasteiger partial charge < -0.3 is 15.2 Å². The number of carboxylic acid groups (broad SMARTS) is 1. The number of carboxylic acids is 1. The van der Waals surface area contributed by atoms with Gasteiger partial charge in [0.05, 0.1) is 11.1 Å². The van der Waals surface area contributed by atoms with Crippen LogP contribution in [0.4, 0.5) is 4.39 Å². The third-order valence-electron chi connectivity index (χ3n) is 3.87. The van der Waals surface area contributed by atoms with Gasteiger partial charge in [0.25, 0.3) is 5.91 Å². The van der Waals surface area contributed by atoms with Crippen LogP contribution in [0.3, 0.4) is 0 Å². The van der Waals surface area contributed by atoms with Gasteiger partial charge >= 0.3 is 5.97 Å². The molecule has 0 saturated carbocycles. The molecule has 0 unspecified atom stereocenters. The Morgan fingerprint density at radius 2 is 2.09 bits per heavy atom. The summed E-state index contributed by atoms with van der Waals surface area (Å²) in [5.74, 6) is -2.59. The Hall–Kier alpha value is -1.60. The van der Waals surface area contributed by atoms with Gasteiger partial charge in [-0.3, -0.25) is 4.79 Å². The first-order valence-corrected chi connectivity index (χ1v) is 8.14. The normalized spacial score (nSPS) is 17.0. The van der Waals surface area contributed by atoms with Crippen LogP contribution < -0.4 is 5.32 Å².